The first kappa shape index (κ1) is 25.5. The van der Waals surface area contributed by atoms with Gasteiger partial charge in [0.1, 0.15) is 0 Å². The summed E-state index contributed by atoms with van der Waals surface area (Å²) < 4.78 is 1.90. The number of carbonyl (C=O) groups excluding carboxylic acids is 1. The molecular formula is C25H37IN6O. The molecule has 1 saturated carbocycles. The van der Waals surface area contributed by atoms with E-state index in [4.69, 9.17) is 4.99 Å². The average molecular weight is 565 g/mol. The monoisotopic (exact) mass is 564 g/mol. The van der Waals surface area contributed by atoms with Crippen molar-refractivity contribution in [2.45, 2.75) is 57.9 Å². The van der Waals surface area contributed by atoms with E-state index in [1.54, 1.807) is 0 Å². The second-order valence-electron chi connectivity index (χ2n) is 8.89. The van der Waals surface area contributed by atoms with Gasteiger partial charge in [-0.1, -0.05) is 37.5 Å². The SMILES string of the molecule is CCNC(=NCCc1cnn(-c2ccccc2)c1)NC1CCN(C(=O)C2CCCCC2)C1.I. The third-order valence-electron chi connectivity index (χ3n) is 6.47. The van der Waals surface area contributed by atoms with Gasteiger partial charge in [-0.25, -0.2) is 4.68 Å². The molecule has 33 heavy (non-hydrogen) atoms. The van der Waals surface area contributed by atoms with Gasteiger partial charge in [-0.05, 0) is 50.3 Å². The van der Waals surface area contributed by atoms with E-state index in [0.717, 1.165) is 57.0 Å². The van der Waals surface area contributed by atoms with Gasteiger partial charge < -0.3 is 15.5 Å². The number of aromatic nitrogens is 2. The van der Waals surface area contributed by atoms with Crippen LogP contribution in [-0.2, 0) is 11.2 Å². The summed E-state index contributed by atoms with van der Waals surface area (Å²) in [5, 5.41) is 11.4. The number of rotatable bonds is 7. The molecule has 2 N–H and O–H groups in total. The number of nitrogens with one attached hydrogen (secondary N) is 2. The minimum Gasteiger partial charge on any atom is -0.357 e. The predicted octanol–water partition coefficient (Wildman–Crippen LogP) is 3.77. The standard InChI is InChI=1S/C25H36N6O.HI/c1-2-26-25(27-15-13-20-17-28-31(18-20)23-11-7-4-8-12-23)29-22-14-16-30(19-22)24(32)21-9-5-3-6-10-21;/h4,7-8,11-12,17-18,21-22H,2-3,5-6,9-10,13-16,19H2,1H3,(H2,26,27,29);1H. The van der Waals surface area contributed by atoms with Gasteiger partial charge in [0.25, 0.3) is 0 Å². The number of benzene rings is 1. The van der Waals surface area contributed by atoms with E-state index in [2.05, 4.69) is 33.8 Å². The van der Waals surface area contributed by atoms with E-state index >= 15 is 0 Å². The smallest absolute Gasteiger partial charge is 0.225 e. The molecular weight excluding hydrogens is 527 g/mol. The predicted molar refractivity (Wildman–Crippen MR) is 143 cm³/mol. The number of nitrogens with zero attached hydrogens (tertiary/aromatic N) is 4. The Kier molecular flexibility index (Phi) is 10.0. The summed E-state index contributed by atoms with van der Waals surface area (Å²) in [5.74, 6) is 1.45. The third kappa shape index (κ3) is 7.19. The molecule has 2 aromatic rings. The summed E-state index contributed by atoms with van der Waals surface area (Å²) in [7, 11) is 0. The molecule has 2 fully saturated rings. The Morgan fingerprint density at radius 3 is 2.70 bits per heavy atom. The van der Waals surface area contributed by atoms with Crippen LogP contribution in [0.4, 0.5) is 0 Å². The van der Waals surface area contributed by atoms with E-state index in [1.807, 2.05) is 41.2 Å². The molecule has 1 saturated heterocycles. The van der Waals surface area contributed by atoms with E-state index in [0.29, 0.717) is 12.5 Å². The lowest BCUT2D eigenvalue weighted by Crippen LogP contribution is -2.45. The molecule has 0 bridgehead atoms. The van der Waals surface area contributed by atoms with Gasteiger partial charge in [0.2, 0.25) is 5.91 Å². The minimum absolute atomic E-state index is 0. The Labute approximate surface area is 214 Å². The average Bonchev–Trinajstić information content (AvgIpc) is 3.50. The largest absolute Gasteiger partial charge is 0.357 e. The number of para-hydroxylation sites is 1. The van der Waals surface area contributed by atoms with Crippen LogP contribution in [0.3, 0.4) is 0 Å². The van der Waals surface area contributed by atoms with Crippen molar-refractivity contribution in [3.05, 3.63) is 48.3 Å². The first-order valence-corrected chi connectivity index (χ1v) is 12.2. The normalized spacial score (nSPS) is 19.2. The fourth-order valence-electron chi connectivity index (χ4n) is 4.71. The molecule has 4 rings (SSSR count). The number of hydrogen-bond acceptors (Lipinski definition) is 3. The van der Waals surface area contributed by atoms with Gasteiger partial charge in [-0.3, -0.25) is 9.79 Å². The molecule has 0 radical (unpaired) electrons. The van der Waals surface area contributed by atoms with Crippen molar-refractivity contribution in [2.24, 2.45) is 10.9 Å². The van der Waals surface area contributed by atoms with E-state index < -0.39 is 0 Å². The first-order chi connectivity index (χ1) is 15.7. The van der Waals surface area contributed by atoms with Gasteiger partial charge in [-0.2, -0.15) is 5.10 Å². The summed E-state index contributed by atoms with van der Waals surface area (Å²) in [5.41, 5.74) is 2.23. The van der Waals surface area contributed by atoms with E-state index in [-0.39, 0.29) is 35.9 Å². The molecule has 1 aromatic carbocycles. The van der Waals surface area contributed by atoms with Crippen LogP contribution in [0.25, 0.3) is 5.69 Å². The Hall–Kier alpha value is -2.10. The van der Waals surface area contributed by atoms with Crippen LogP contribution in [0.1, 0.15) is 51.0 Å². The highest BCUT2D eigenvalue weighted by Crippen LogP contribution is 2.26. The molecule has 8 heteroatoms. The lowest BCUT2D eigenvalue weighted by Gasteiger charge is -2.26. The maximum atomic E-state index is 12.8. The third-order valence-corrected chi connectivity index (χ3v) is 6.47. The summed E-state index contributed by atoms with van der Waals surface area (Å²) in [4.78, 5) is 19.7. The summed E-state index contributed by atoms with van der Waals surface area (Å²) in [6.45, 7) is 5.21. The quantitative estimate of drug-likeness (QED) is 0.305. The molecule has 1 amide bonds. The Morgan fingerprint density at radius 1 is 1.15 bits per heavy atom. The fourth-order valence-corrected chi connectivity index (χ4v) is 4.71. The summed E-state index contributed by atoms with van der Waals surface area (Å²) >= 11 is 0. The minimum atomic E-state index is 0. The van der Waals surface area contributed by atoms with Crippen LogP contribution < -0.4 is 10.6 Å². The zero-order chi connectivity index (χ0) is 22.2. The second kappa shape index (κ2) is 13.0. The van der Waals surface area contributed by atoms with E-state index in [9.17, 15) is 4.79 Å². The topological polar surface area (TPSA) is 74.6 Å². The highest BCUT2D eigenvalue weighted by molar-refractivity contribution is 14.0. The number of hydrogen-bond donors (Lipinski definition) is 2. The highest BCUT2D eigenvalue weighted by Gasteiger charge is 2.31. The molecule has 2 aliphatic rings. The lowest BCUT2D eigenvalue weighted by molar-refractivity contribution is -0.135. The van der Waals surface area contributed by atoms with Crippen molar-refractivity contribution >= 4 is 35.8 Å². The highest BCUT2D eigenvalue weighted by atomic mass is 127. The zero-order valence-electron chi connectivity index (χ0n) is 19.6. The van der Waals surface area contributed by atoms with Gasteiger partial charge in [0.05, 0.1) is 11.9 Å². The zero-order valence-corrected chi connectivity index (χ0v) is 21.9. The van der Waals surface area contributed by atoms with Crippen LogP contribution in [0.5, 0.6) is 0 Å². The van der Waals surface area contributed by atoms with Crippen molar-refractivity contribution in [1.29, 1.82) is 0 Å². The molecule has 1 unspecified atom stereocenters. The van der Waals surface area contributed by atoms with Crippen LogP contribution in [0, 0.1) is 5.92 Å². The van der Waals surface area contributed by atoms with Crippen LogP contribution >= 0.6 is 24.0 Å². The maximum Gasteiger partial charge on any atom is 0.225 e. The second-order valence-corrected chi connectivity index (χ2v) is 8.89. The molecule has 1 aliphatic heterocycles. The van der Waals surface area contributed by atoms with Gasteiger partial charge in [-0.15, -0.1) is 24.0 Å². The van der Waals surface area contributed by atoms with Gasteiger partial charge >= 0.3 is 0 Å². The molecule has 1 aliphatic carbocycles. The Morgan fingerprint density at radius 2 is 1.94 bits per heavy atom. The summed E-state index contributed by atoms with van der Waals surface area (Å²) in [6, 6.07) is 10.4. The number of halogens is 1. The number of aliphatic imine (C=N–C) groups is 1. The maximum absolute atomic E-state index is 12.8. The Balaban J connectivity index is 0.00000306. The molecule has 2 heterocycles. The van der Waals surface area contributed by atoms with Crippen LogP contribution in [-0.4, -0.2) is 58.8 Å². The lowest BCUT2D eigenvalue weighted by atomic mass is 9.88. The summed E-state index contributed by atoms with van der Waals surface area (Å²) in [6.07, 6.45) is 11.6. The molecule has 0 spiro atoms. The van der Waals surface area contributed by atoms with Crippen LogP contribution in [0.2, 0.25) is 0 Å². The van der Waals surface area contributed by atoms with Crippen molar-refractivity contribution in [3.63, 3.8) is 0 Å². The molecule has 1 aromatic heterocycles. The first-order valence-electron chi connectivity index (χ1n) is 12.2. The Bertz CT molecular complexity index is 893. The number of likely N-dealkylation sites (tertiary alicyclic amines) is 1. The molecule has 1 atom stereocenters. The van der Waals surface area contributed by atoms with Crippen molar-refractivity contribution < 1.29 is 4.79 Å². The van der Waals surface area contributed by atoms with Crippen molar-refractivity contribution in [1.82, 2.24) is 25.3 Å². The van der Waals surface area contributed by atoms with Gasteiger partial charge in [0.15, 0.2) is 5.96 Å². The molecule has 180 valence electrons. The van der Waals surface area contributed by atoms with Crippen LogP contribution in [0.15, 0.2) is 47.7 Å². The number of carbonyl (C=O) groups is 1. The van der Waals surface area contributed by atoms with E-state index in [1.165, 1.54) is 24.8 Å². The van der Waals surface area contributed by atoms with Gasteiger partial charge in [0, 0.05) is 44.3 Å². The van der Waals surface area contributed by atoms with Crippen molar-refractivity contribution in [3.8, 4) is 5.69 Å². The number of guanidine groups is 1. The fraction of sp³-hybridized carbons (Fsp3) is 0.560. The van der Waals surface area contributed by atoms with Crippen molar-refractivity contribution in [2.75, 3.05) is 26.2 Å². The molecule has 7 nitrogen and oxygen atoms in total. The number of amides is 1.